The molecule has 2 heterocycles. The number of aliphatic imine (C=N–C) groups is 1. The van der Waals surface area contributed by atoms with Crippen LogP contribution in [0.15, 0.2) is 4.99 Å². The predicted octanol–water partition coefficient (Wildman–Crippen LogP) is 2.39. The van der Waals surface area contributed by atoms with Gasteiger partial charge in [0.25, 0.3) is 0 Å². The molecule has 27 heavy (non-hydrogen) atoms. The molecular formula is C20H38IN5O. The molecule has 2 saturated heterocycles. The van der Waals surface area contributed by atoms with Crippen LogP contribution in [-0.2, 0) is 4.79 Å². The third-order valence-electron chi connectivity index (χ3n) is 5.94. The van der Waals surface area contributed by atoms with Gasteiger partial charge in [-0.15, -0.1) is 24.0 Å². The van der Waals surface area contributed by atoms with Crippen molar-refractivity contribution in [3.05, 3.63) is 0 Å². The lowest BCUT2D eigenvalue weighted by Gasteiger charge is -2.37. The van der Waals surface area contributed by atoms with Gasteiger partial charge >= 0.3 is 0 Å². The standard InChI is InChI=1S/C20H37N5O.HI/c1-3-8-17-15-18(17)22-20(21-4-2)25-13-11-23(12-14-25)16-19(26)24-9-6-5-7-10-24;/h17-18H,3-16H2,1-2H3,(H,21,22);1H. The quantitative estimate of drug-likeness (QED) is 0.352. The third-order valence-corrected chi connectivity index (χ3v) is 5.94. The number of amides is 1. The highest BCUT2D eigenvalue weighted by Crippen LogP contribution is 2.34. The summed E-state index contributed by atoms with van der Waals surface area (Å²) in [5, 5.41) is 3.69. The lowest BCUT2D eigenvalue weighted by atomic mass is 10.1. The van der Waals surface area contributed by atoms with Crippen molar-refractivity contribution in [3.8, 4) is 0 Å². The monoisotopic (exact) mass is 491 g/mol. The Morgan fingerprint density at radius 3 is 2.33 bits per heavy atom. The van der Waals surface area contributed by atoms with Gasteiger partial charge in [0.05, 0.1) is 6.54 Å². The molecule has 156 valence electrons. The second-order valence-corrected chi connectivity index (χ2v) is 8.04. The summed E-state index contributed by atoms with van der Waals surface area (Å²) in [7, 11) is 0. The number of hydrogen-bond donors (Lipinski definition) is 1. The number of piperidine rings is 1. The van der Waals surface area contributed by atoms with Crippen molar-refractivity contribution in [3.63, 3.8) is 0 Å². The summed E-state index contributed by atoms with van der Waals surface area (Å²) in [6, 6.07) is 0.624. The van der Waals surface area contributed by atoms with Gasteiger partial charge in [-0.05, 0) is 44.9 Å². The molecule has 3 rings (SSSR count). The first-order valence-corrected chi connectivity index (χ1v) is 10.8. The molecule has 0 aromatic heterocycles. The van der Waals surface area contributed by atoms with E-state index in [1.54, 1.807) is 0 Å². The maximum atomic E-state index is 12.5. The SMILES string of the molecule is CCCC1CC1NC(=NCC)N1CCN(CC(=O)N2CCCCC2)CC1.I. The smallest absolute Gasteiger partial charge is 0.236 e. The van der Waals surface area contributed by atoms with E-state index in [2.05, 4.69) is 33.9 Å². The van der Waals surface area contributed by atoms with Crippen molar-refractivity contribution in [1.82, 2.24) is 20.0 Å². The highest BCUT2D eigenvalue weighted by atomic mass is 127. The number of rotatable bonds is 6. The average Bonchev–Trinajstić information content (AvgIpc) is 3.40. The normalized spacial score (nSPS) is 26.5. The number of piperazine rings is 1. The van der Waals surface area contributed by atoms with E-state index < -0.39 is 0 Å². The maximum Gasteiger partial charge on any atom is 0.236 e. The fourth-order valence-corrected chi connectivity index (χ4v) is 4.22. The van der Waals surface area contributed by atoms with Crippen molar-refractivity contribution in [1.29, 1.82) is 0 Å². The highest BCUT2D eigenvalue weighted by Gasteiger charge is 2.37. The second-order valence-electron chi connectivity index (χ2n) is 8.04. The molecule has 0 aromatic carbocycles. The summed E-state index contributed by atoms with van der Waals surface area (Å²) in [4.78, 5) is 23.9. The second kappa shape index (κ2) is 11.4. The van der Waals surface area contributed by atoms with Crippen LogP contribution in [0.4, 0.5) is 0 Å². The van der Waals surface area contributed by atoms with Gasteiger partial charge in [-0.25, -0.2) is 0 Å². The minimum absolute atomic E-state index is 0. The van der Waals surface area contributed by atoms with E-state index in [4.69, 9.17) is 4.99 Å². The first-order chi connectivity index (χ1) is 12.7. The lowest BCUT2D eigenvalue weighted by molar-refractivity contribution is -0.133. The zero-order chi connectivity index (χ0) is 18.4. The molecule has 3 fully saturated rings. The molecular weight excluding hydrogens is 453 g/mol. The first kappa shape index (κ1) is 22.7. The van der Waals surface area contributed by atoms with Crippen molar-refractivity contribution < 1.29 is 4.79 Å². The summed E-state index contributed by atoms with van der Waals surface area (Å²) in [5.74, 6) is 2.24. The summed E-state index contributed by atoms with van der Waals surface area (Å²) < 4.78 is 0. The van der Waals surface area contributed by atoms with Gasteiger partial charge in [0, 0.05) is 51.9 Å². The molecule has 1 aliphatic carbocycles. The average molecular weight is 491 g/mol. The number of nitrogens with zero attached hydrogens (tertiary/aromatic N) is 4. The van der Waals surface area contributed by atoms with Crippen molar-refractivity contribution >= 4 is 35.8 Å². The number of carbonyl (C=O) groups is 1. The predicted molar refractivity (Wildman–Crippen MR) is 122 cm³/mol. The Labute approximate surface area is 182 Å². The van der Waals surface area contributed by atoms with Crippen molar-refractivity contribution in [2.45, 2.75) is 58.4 Å². The molecule has 1 saturated carbocycles. The molecule has 6 nitrogen and oxygen atoms in total. The Hall–Kier alpha value is -0.570. The van der Waals surface area contributed by atoms with Crippen LogP contribution in [0.5, 0.6) is 0 Å². The topological polar surface area (TPSA) is 51.2 Å². The van der Waals surface area contributed by atoms with Crippen LogP contribution < -0.4 is 5.32 Å². The maximum absolute atomic E-state index is 12.5. The molecule has 0 spiro atoms. The van der Waals surface area contributed by atoms with Gasteiger partial charge < -0.3 is 15.1 Å². The van der Waals surface area contributed by atoms with Crippen LogP contribution in [0.1, 0.15) is 52.4 Å². The Balaban J connectivity index is 0.00000261. The van der Waals surface area contributed by atoms with Gasteiger partial charge in [-0.1, -0.05) is 13.3 Å². The molecule has 3 aliphatic rings. The van der Waals surface area contributed by atoms with Crippen LogP contribution in [-0.4, -0.2) is 85.0 Å². The van der Waals surface area contributed by atoms with Gasteiger partial charge in [0.1, 0.15) is 0 Å². The zero-order valence-electron chi connectivity index (χ0n) is 17.2. The number of hydrogen-bond acceptors (Lipinski definition) is 3. The lowest BCUT2D eigenvalue weighted by Crippen LogP contribution is -2.55. The molecule has 2 unspecified atom stereocenters. The Bertz CT molecular complexity index is 487. The van der Waals surface area contributed by atoms with E-state index in [1.807, 2.05) is 0 Å². The Morgan fingerprint density at radius 2 is 1.70 bits per heavy atom. The molecule has 2 atom stereocenters. The van der Waals surface area contributed by atoms with E-state index in [9.17, 15) is 4.79 Å². The van der Waals surface area contributed by atoms with E-state index in [0.717, 1.165) is 57.7 Å². The number of likely N-dealkylation sites (tertiary alicyclic amines) is 1. The minimum Gasteiger partial charge on any atom is -0.353 e. The third kappa shape index (κ3) is 6.76. The van der Waals surface area contributed by atoms with Crippen LogP contribution in [0.2, 0.25) is 0 Å². The zero-order valence-corrected chi connectivity index (χ0v) is 19.5. The van der Waals surface area contributed by atoms with E-state index in [0.29, 0.717) is 18.5 Å². The molecule has 0 bridgehead atoms. The Kier molecular flexibility index (Phi) is 9.62. The highest BCUT2D eigenvalue weighted by molar-refractivity contribution is 14.0. The van der Waals surface area contributed by atoms with Gasteiger partial charge in [-0.2, -0.15) is 0 Å². The summed E-state index contributed by atoms with van der Waals surface area (Å²) in [6.45, 7) is 11.5. The van der Waals surface area contributed by atoms with Crippen molar-refractivity contribution in [2.75, 3.05) is 52.4 Å². The van der Waals surface area contributed by atoms with E-state index >= 15 is 0 Å². The fourth-order valence-electron chi connectivity index (χ4n) is 4.22. The number of guanidine groups is 1. The summed E-state index contributed by atoms with van der Waals surface area (Å²) in [6.07, 6.45) is 7.50. The Morgan fingerprint density at radius 1 is 1.00 bits per heavy atom. The molecule has 0 aromatic rings. The summed E-state index contributed by atoms with van der Waals surface area (Å²) >= 11 is 0. The van der Waals surface area contributed by atoms with Gasteiger partial charge in [-0.3, -0.25) is 14.7 Å². The van der Waals surface area contributed by atoms with Crippen molar-refractivity contribution in [2.24, 2.45) is 10.9 Å². The molecule has 0 radical (unpaired) electrons. The molecule has 1 amide bonds. The fraction of sp³-hybridized carbons (Fsp3) is 0.900. The first-order valence-electron chi connectivity index (χ1n) is 10.8. The molecule has 7 heteroatoms. The van der Waals surface area contributed by atoms with Crippen LogP contribution >= 0.6 is 24.0 Å². The minimum atomic E-state index is 0. The number of halogens is 1. The van der Waals surface area contributed by atoms with Gasteiger partial charge in [0.2, 0.25) is 5.91 Å². The van der Waals surface area contributed by atoms with Gasteiger partial charge in [0.15, 0.2) is 5.96 Å². The van der Waals surface area contributed by atoms with Crippen LogP contribution in [0.25, 0.3) is 0 Å². The van der Waals surface area contributed by atoms with E-state index in [-0.39, 0.29) is 24.0 Å². The largest absolute Gasteiger partial charge is 0.353 e. The summed E-state index contributed by atoms with van der Waals surface area (Å²) in [5.41, 5.74) is 0. The van der Waals surface area contributed by atoms with Crippen LogP contribution in [0, 0.1) is 5.92 Å². The number of carbonyl (C=O) groups excluding carboxylic acids is 1. The number of nitrogens with one attached hydrogen (secondary N) is 1. The van der Waals surface area contributed by atoms with E-state index in [1.165, 1.54) is 38.5 Å². The van der Waals surface area contributed by atoms with Crippen LogP contribution in [0.3, 0.4) is 0 Å². The molecule has 1 N–H and O–H groups in total. The molecule has 2 aliphatic heterocycles.